The van der Waals surface area contributed by atoms with Crippen LogP contribution in [0.15, 0.2) is 24.3 Å². The van der Waals surface area contributed by atoms with Crippen molar-refractivity contribution in [3.63, 3.8) is 0 Å². The summed E-state index contributed by atoms with van der Waals surface area (Å²) in [6.07, 6.45) is 8.13. The number of amides is 4. The highest BCUT2D eigenvalue weighted by Gasteiger charge is 2.47. The average molecular weight is 413 g/mol. The van der Waals surface area contributed by atoms with Crippen LogP contribution in [0.2, 0.25) is 0 Å². The summed E-state index contributed by atoms with van der Waals surface area (Å²) < 4.78 is 0. The van der Waals surface area contributed by atoms with Crippen LogP contribution in [-0.4, -0.2) is 47.4 Å². The Hall–Kier alpha value is -2.57. The van der Waals surface area contributed by atoms with E-state index in [1.807, 2.05) is 24.3 Å². The Bertz CT molecular complexity index is 788. The summed E-state index contributed by atoms with van der Waals surface area (Å²) in [5, 5.41) is 8.71. The molecular formula is C23H32N4O3. The molecule has 2 saturated heterocycles. The Morgan fingerprint density at radius 2 is 1.87 bits per heavy atom. The van der Waals surface area contributed by atoms with Crippen LogP contribution in [0.25, 0.3) is 0 Å². The molecule has 7 nitrogen and oxygen atoms in total. The maximum atomic E-state index is 13.0. The quantitative estimate of drug-likeness (QED) is 0.695. The van der Waals surface area contributed by atoms with E-state index < -0.39 is 12.1 Å². The lowest BCUT2D eigenvalue weighted by atomic mass is 9.84. The number of aryl methyl sites for hydroxylation is 1. The largest absolute Gasteiger partial charge is 0.342 e. The molecule has 0 radical (unpaired) electrons. The summed E-state index contributed by atoms with van der Waals surface area (Å²) in [6, 6.07) is 6.30. The molecule has 1 saturated carbocycles. The van der Waals surface area contributed by atoms with Crippen LogP contribution in [0.5, 0.6) is 0 Å². The van der Waals surface area contributed by atoms with Crippen molar-refractivity contribution in [2.45, 2.75) is 76.4 Å². The van der Waals surface area contributed by atoms with Gasteiger partial charge in [0, 0.05) is 12.2 Å². The second-order valence-electron chi connectivity index (χ2n) is 8.89. The van der Waals surface area contributed by atoms with E-state index in [9.17, 15) is 14.4 Å². The maximum absolute atomic E-state index is 13.0. The molecule has 0 spiro atoms. The molecule has 0 unspecified atom stereocenters. The summed E-state index contributed by atoms with van der Waals surface area (Å²) in [4.78, 5) is 39.7. The first-order valence-electron chi connectivity index (χ1n) is 11.3. The minimum atomic E-state index is -0.478. The molecule has 3 atom stereocenters. The second-order valence-corrected chi connectivity index (χ2v) is 8.89. The Morgan fingerprint density at radius 3 is 2.57 bits per heavy atom. The first-order chi connectivity index (χ1) is 14.5. The molecule has 30 heavy (non-hydrogen) atoms. The Morgan fingerprint density at radius 1 is 1.13 bits per heavy atom. The lowest BCUT2D eigenvalue weighted by molar-refractivity contribution is -0.147. The van der Waals surface area contributed by atoms with Gasteiger partial charge in [0.25, 0.3) is 0 Å². The van der Waals surface area contributed by atoms with Gasteiger partial charge < -0.3 is 20.9 Å². The molecule has 4 rings (SSSR count). The zero-order valence-corrected chi connectivity index (χ0v) is 17.7. The van der Waals surface area contributed by atoms with E-state index in [1.165, 1.54) is 24.8 Å². The molecule has 1 aromatic carbocycles. The van der Waals surface area contributed by atoms with Crippen molar-refractivity contribution in [1.29, 1.82) is 0 Å². The fraction of sp³-hybridized carbons (Fsp3) is 0.609. The van der Waals surface area contributed by atoms with E-state index in [2.05, 4.69) is 22.9 Å². The van der Waals surface area contributed by atoms with Crippen LogP contribution in [-0.2, 0) is 16.0 Å². The molecule has 162 valence electrons. The fourth-order valence-corrected chi connectivity index (χ4v) is 5.05. The molecule has 1 aromatic rings. The summed E-state index contributed by atoms with van der Waals surface area (Å²) in [7, 11) is 0. The van der Waals surface area contributed by atoms with Gasteiger partial charge >= 0.3 is 6.03 Å². The van der Waals surface area contributed by atoms with Crippen LogP contribution >= 0.6 is 0 Å². The van der Waals surface area contributed by atoms with Gasteiger partial charge in [-0.3, -0.25) is 9.59 Å². The molecule has 0 aromatic heterocycles. The highest BCUT2D eigenvalue weighted by atomic mass is 16.2. The molecule has 2 aliphatic heterocycles. The number of hydrogen-bond donors (Lipinski definition) is 3. The summed E-state index contributed by atoms with van der Waals surface area (Å²) in [6.45, 7) is 2.47. The number of fused-ring (bicyclic) bond motifs is 1. The lowest BCUT2D eigenvalue weighted by Crippen LogP contribution is -2.61. The Balaban J connectivity index is 1.32. The van der Waals surface area contributed by atoms with Gasteiger partial charge in [-0.05, 0) is 42.9 Å². The Labute approximate surface area is 178 Å². The van der Waals surface area contributed by atoms with Gasteiger partial charge in [0.2, 0.25) is 11.8 Å². The molecule has 3 N–H and O–H groups in total. The van der Waals surface area contributed by atoms with Crippen molar-refractivity contribution in [2.75, 3.05) is 11.9 Å². The number of hydrogen-bond acceptors (Lipinski definition) is 3. The SMILES string of the molecule is CCc1ccc(NC(=O)N[C@H]2C[C@H]3C(=O)N[C@@H](CC4CCCCC4)C(=O)N3C2)cc1. The number of urea groups is 1. The van der Waals surface area contributed by atoms with E-state index >= 15 is 0 Å². The van der Waals surface area contributed by atoms with Crippen LogP contribution in [0.3, 0.4) is 0 Å². The smallest absolute Gasteiger partial charge is 0.319 e. The predicted molar refractivity (Wildman–Crippen MR) is 115 cm³/mol. The first kappa shape index (κ1) is 20.7. The lowest BCUT2D eigenvalue weighted by Gasteiger charge is -2.36. The summed E-state index contributed by atoms with van der Waals surface area (Å²) in [5.74, 6) is 0.436. The molecule has 3 fully saturated rings. The topological polar surface area (TPSA) is 90.5 Å². The standard InChI is InChI=1S/C23H32N4O3/c1-2-15-8-10-17(11-9-15)24-23(30)25-18-13-20-21(28)26-19(22(29)27(20)14-18)12-16-6-4-3-5-7-16/h8-11,16,18-20H,2-7,12-14H2,1H3,(H,26,28)(H2,24,25,30)/t18-,19-,20-/m0/s1. The van der Waals surface area contributed by atoms with Crippen molar-refractivity contribution in [1.82, 2.24) is 15.5 Å². The molecule has 3 aliphatic rings. The third-order valence-electron chi connectivity index (χ3n) is 6.75. The average Bonchev–Trinajstić information content (AvgIpc) is 3.17. The van der Waals surface area contributed by atoms with Gasteiger partial charge in [-0.15, -0.1) is 0 Å². The molecule has 7 heteroatoms. The number of benzene rings is 1. The van der Waals surface area contributed by atoms with Gasteiger partial charge in [0.05, 0.1) is 6.04 Å². The van der Waals surface area contributed by atoms with E-state index in [4.69, 9.17) is 0 Å². The number of nitrogens with one attached hydrogen (secondary N) is 3. The number of rotatable bonds is 5. The third-order valence-corrected chi connectivity index (χ3v) is 6.75. The van der Waals surface area contributed by atoms with E-state index in [0.29, 0.717) is 18.9 Å². The van der Waals surface area contributed by atoms with E-state index in [1.54, 1.807) is 4.90 Å². The number of anilines is 1. The van der Waals surface area contributed by atoms with Gasteiger partial charge in [0.15, 0.2) is 0 Å². The normalized spacial score (nSPS) is 26.8. The first-order valence-corrected chi connectivity index (χ1v) is 11.3. The minimum Gasteiger partial charge on any atom is -0.342 e. The van der Waals surface area contributed by atoms with Gasteiger partial charge in [0.1, 0.15) is 12.1 Å². The molecule has 0 bridgehead atoms. The zero-order chi connectivity index (χ0) is 21.1. The molecule has 4 amide bonds. The predicted octanol–water partition coefficient (Wildman–Crippen LogP) is 2.81. The fourth-order valence-electron chi connectivity index (χ4n) is 5.05. The molecular weight excluding hydrogens is 380 g/mol. The van der Waals surface area contributed by atoms with E-state index in [-0.39, 0.29) is 23.9 Å². The van der Waals surface area contributed by atoms with Crippen LogP contribution in [0.4, 0.5) is 10.5 Å². The highest BCUT2D eigenvalue weighted by molar-refractivity contribution is 5.98. The number of piperazine rings is 1. The third kappa shape index (κ3) is 4.60. The van der Waals surface area contributed by atoms with Gasteiger partial charge in [-0.25, -0.2) is 4.79 Å². The van der Waals surface area contributed by atoms with Crippen molar-refractivity contribution >= 4 is 23.5 Å². The van der Waals surface area contributed by atoms with Gasteiger partial charge in [-0.1, -0.05) is 51.2 Å². The monoisotopic (exact) mass is 412 g/mol. The number of nitrogens with zero attached hydrogens (tertiary/aromatic N) is 1. The highest BCUT2D eigenvalue weighted by Crippen LogP contribution is 2.30. The minimum absolute atomic E-state index is 0.00466. The van der Waals surface area contributed by atoms with Crippen molar-refractivity contribution < 1.29 is 14.4 Å². The Kier molecular flexibility index (Phi) is 6.25. The zero-order valence-electron chi connectivity index (χ0n) is 17.7. The van der Waals surface area contributed by atoms with Crippen LogP contribution in [0, 0.1) is 5.92 Å². The van der Waals surface area contributed by atoms with Crippen molar-refractivity contribution in [3.05, 3.63) is 29.8 Å². The van der Waals surface area contributed by atoms with Crippen LogP contribution in [0.1, 0.15) is 57.4 Å². The van der Waals surface area contributed by atoms with E-state index in [0.717, 1.165) is 31.4 Å². The number of carbonyl (C=O) groups excluding carboxylic acids is 3. The van der Waals surface area contributed by atoms with Gasteiger partial charge in [-0.2, -0.15) is 0 Å². The summed E-state index contributed by atoms with van der Waals surface area (Å²) in [5.41, 5.74) is 1.93. The van der Waals surface area contributed by atoms with Crippen molar-refractivity contribution in [3.8, 4) is 0 Å². The number of carbonyl (C=O) groups is 3. The van der Waals surface area contributed by atoms with Crippen molar-refractivity contribution in [2.24, 2.45) is 5.92 Å². The molecule has 2 heterocycles. The second kappa shape index (κ2) is 9.06. The molecule has 1 aliphatic carbocycles. The summed E-state index contributed by atoms with van der Waals surface area (Å²) >= 11 is 0. The maximum Gasteiger partial charge on any atom is 0.319 e. The van der Waals surface area contributed by atoms with Crippen LogP contribution < -0.4 is 16.0 Å².